The predicted molar refractivity (Wildman–Crippen MR) is 69.9 cm³/mol. The van der Waals surface area contributed by atoms with E-state index in [9.17, 15) is 14.7 Å². The fourth-order valence-corrected chi connectivity index (χ4v) is 1.52. The highest BCUT2D eigenvalue weighted by Gasteiger charge is 2.21. The molecule has 3 N–H and O–H groups in total. The van der Waals surface area contributed by atoms with Crippen LogP contribution in [0.25, 0.3) is 0 Å². The maximum Gasteiger partial charge on any atom is 0.251 e. The number of benzene rings is 1. The lowest BCUT2D eigenvalue weighted by atomic mass is 10.2. The van der Waals surface area contributed by atoms with Crippen molar-refractivity contribution in [2.24, 2.45) is 0 Å². The molecule has 0 radical (unpaired) electrons. The molecule has 2 amide bonds. The Balaban J connectivity index is 1.98. The summed E-state index contributed by atoms with van der Waals surface area (Å²) in [5.41, 5.74) is 0.403. The average Bonchev–Trinajstić information content (AvgIpc) is 2.98. The summed E-state index contributed by atoms with van der Waals surface area (Å²) >= 11 is 0. The highest BCUT2D eigenvalue weighted by Crippen LogP contribution is 2.03. The summed E-state index contributed by atoms with van der Waals surface area (Å²) in [6.07, 6.45) is 1.30. The van der Waals surface area contributed by atoms with E-state index in [1.54, 1.807) is 30.3 Å². The summed E-state index contributed by atoms with van der Waals surface area (Å²) < 4.78 is 4.56. The van der Waals surface area contributed by atoms with Crippen LogP contribution in [0.1, 0.15) is 10.4 Å². The topological polar surface area (TPSA) is 104 Å². The van der Waals surface area contributed by atoms with Crippen LogP contribution in [-0.2, 0) is 4.79 Å². The lowest BCUT2D eigenvalue weighted by Crippen LogP contribution is -2.46. The minimum absolute atomic E-state index is 0.211. The van der Waals surface area contributed by atoms with Crippen molar-refractivity contribution in [2.75, 3.05) is 11.9 Å². The monoisotopic (exact) mass is 275 g/mol. The van der Waals surface area contributed by atoms with Crippen LogP contribution in [0.3, 0.4) is 0 Å². The number of aliphatic hydroxyl groups is 1. The van der Waals surface area contributed by atoms with Crippen molar-refractivity contribution >= 4 is 17.6 Å². The number of carbonyl (C=O) groups is 2. The number of amides is 2. The summed E-state index contributed by atoms with van der Waals surface area (Å²) in [6, 6.07) is 8.79. The molecule has 1 atom stereocenters. The van der Waals surface area contributed by atoms with Gasteiger partial charge in [0.25, 0.3) is 11.8 Å². The van der Waals surface area contributed by atoms with Crippen LogP contribution in [0.4, 0.5) is 5.82 Å². The van der Waals surface area contributed by atoms with Gasteiger partial charge in [-0.3, -0.25) is 9.59 Å². The molecule has 0 aliphatic heterocycles. The number of nitrogens with one attached hydrogen (secondary N) is 2. The molecule has 0 spiro atoms. The third-order valence-corrected chi connectivity index (χ3v) is 2.53. The molecule has 1 heterocycles. The number of nitrogens with zero attached hydrogens (tertiary/aromatic N) is 1. The average molecular weight is 275 g/mol. The van der Waals surface area contributed by atoms with Gasteiger partial charge in [0.05, 0.1) is 6.61 Å². The fraction of sp³-hybridized carbons (Fsp3) is 0.154. The summed E-state index contributed by atoms with van der Waals surface area (Å²) in [5.74, 6) is -0.812. The van der Waals surface area contributed by atoms with E-state index in [-0.39, 0.29) is 5.82 Å². The standard InChI is InChI=1S/C13H13N3O4/c17-8-10(13(19)15-11-6-7-20-16-11)14-12(18)9-4-2-1-3-5-9/h1-7,10,17H,8H2,(H,14,18)(H,15,16,19)/t10-/m0/s1. The Hall–Kier alpha value is -2.67. The van der Waals surface area contributed by atoms with Crippen LogP contribution >= 0.6 is 0 Å². The molecule has 20 heavy (non-hydrogen) atoms. The first-order valence-corrected chi connectivity index (χ1v) is 5.88. The minimum Gasteiger partial charge on any atom is -0.394 e. The van der Waals surface area contributed by atoms with Gasteiger partial charge in [0.15, 0.2) is 5.82 Å². The summed E-state index contributed by atoms with van der Waals surface area (Å²) in [6.45, 7) is -0.526. The number of hydrogen-bond acceptors (Lipinski definition) is 5. The van der Waals surface area contributed by atoms with E-state index in [1.165, 1.54) is 12.3 Å². The van der Waals surface area contributed by atoms with Crippen molar-refractivity contribution in [3.63, 3.8) is 0 Å². The molecule has 2 aromatic rings. The third kappa shape index (κ3) is 3.42. The van der Waals surface area contributed by atoms with E-state index in [0.29, 0.717) is 5.56 Å². The molecule has 7 heteroatoms. The zero-order valence-electron chi connectivity index (χ0n) is 10.4. The smallest absolute Gasteiger partial charge is 0.251 e. The number of rotatable bonds is 5. The lowest BCUT2D eigenvalue weighted by molar-refractivity contribution is -0.118. The maximum atomic E-state index is 11.9. The van der Waals surface area contributed by atoms with E-state index in [0.717, 1.165) is 0 Å². The molecule has 0 aliphatic carbocycles. The second-order valence-electron chi connectivity index (χ2n) is 3.95. The minimum atomic E-state index is -1.07. The van der Waals surface area contributed by atoms with E-state index in [2.05, 4.69) is 20.3 Å². The van der Waals surface area contributed by atoms with Crippen LogP contribution in [0.5, 0.6) is 0 Å². The van der Waals surface area contributed by atoms with E-state index in [1.807, 2.05) is 0 Å². The van der Waals surface area contributed by atoms with Gasteiger partial charge in [0, 0.05) is 11.6 Å². The van der Waals surface area contributed by atoms with Gasteiger partial charge in [-0.25, -0.2) is 0 Å². The summed E-state index contributed by atoms with van der Waals surface area (Å²) in [5, 5.41) is 17.6. The van der Waals surface area contributed by atoms with Gasteiger partial charge in [-0.1, -0.05) is 23.4 Å². The van der Waals surface area contributed by atoms with Crippen LogP contribution in [0, 0.1) is 0 Å². The number of hydrogen-bond donors (Lipinski definition) is 3. The molecular formula is C13H13N3O4. The molecule has 0 aliphatic rings. The van der Waals surface area contributed by atoms with Gasteiger partial charge in [0.1, 0.15) is 12.3 Å². The highest BCUT2D eigenvalue weighted by molar-refractivity contribution is 6.00. The zero-order chi connectivity index (χ0) is 14.4. The first-order valence-electron chi connectivity index (χ1n) is 5.88. The third-order valence-electron chi connectivity index (χ3n) is 2.53. The molecule has 104 valence electrons. The molecule has 1 aromatic carbocycles. The van der Waals surface area contributed by atoms with E-state index >= 15 is 0 Å². The van der Waals surface area contributed by atoms with E-state index < -0.39 is 24.5 Å². The van der Waals surface area contributed by atoms with Crippen molar-refractivity contribution in [1.29, 1.82) is 0 Å². The van der Waals surface area contributed by atoms with Crippen LogP contribution < -0.4 is 10.6 Å². The first-order chi connectivity index (χ1) is 9.70. The van der Waals surface area contributed by atoms with Gasteiger partial charge in [-0.05, 0) is 12.1 Å². The Kier molecular flexibility index (Phi) is 4.46. The predicted octanol–water partition coefficient (Wildman–Crippen LogP) is 0.404. The number of carbonyl (C=O) groups excluding carboxylic acids is 2. The van der Waals surface area contributed by atoms with Crippen molar-refractivity contribution in [3.8, 4) is 0 Å². The van der Waals surface area contributed by atoms with Gasteiger partial charge in [0.2, 0.25) is 0 Å². The van der Waals surface area contributed by atoms with Crippen molar-refractivity contribution < 1.29 is 19.2 Å². The second kappa shape index (κ2) is 6.48. The van der Waals surface area contributed by atoms with Crippen molar-refractivity contribution in [1.82, 2.24) is 10.5 Å². The Morgan fingerprint density at radius 1 is 1.25 bits per heavy atom. The van der Waals surface area contributed by atoms with Crippen LogP contribution in [-0.4, -0.2) is 34.7 Å². The Bertz CT molecular complexity index is 569. The Morgan fingerprint density at radius 3 is 2.60 bits per heavy atom. The van der Waals surface area contributed by atoms with Gasteiger partial charge < -0.3 is 20.3 Å². The van der Waals surface area contributed by atoms with E-state index in [4.69, 9.17) is 0 Å². The lowest BCUT2D eigenvalue weighted by Gasteiger charge is -2.15. The summed E-state index contributed by atoms with van der Waals surface area (Å²) in [7, 11) is 0. The maximum absolute atomic E-state index is 11.9. The van der Waals surface area contributed by atoms with Gasteiger partial charge in [-0.15, -0.1) is 0 Å². The number of anilines is 1. The molecular weight excluding hydrogens is 262 g/mol. The highest BCUT2D eigenvalue weighted by atomic mass is 16.5. The Labute approximate surface area is 114 Å². The zero-order valence-corrected chi connectivity index (χ0v) is 10.4. The SMILES string of the molecule is O=C(N[C@@H](CO)C(=O)Nc1ccon1)c1ccccc1. The van der Waals surface area contributed by atoms with Crippen molar-refractivity contribution in [3.05, 3.63) is 48.2 Å². The molecule has 0 saturated heterocycles. The first kappa shape index (κ1) is 13.8. The second-order valence-corrected chi connectivity index (χ2v) is 3.95. The normalized spacial score (nSPS) is 11.7. The van der Waals surface area contributed by atoms with Crippen LogP contribution in [0.15, 0.2) is 47.2 Å². The van der Waals surface area contributed by atoms with Crippen molar-refractivity contribution in [2.45, 2.75) is 6.04 Å². The summed E-state index contributed by atoms with van der Waals surface area (Å²) in [4.78, 5) is 23.7. The molecule has 1 aromatic heterocycles. The molecule has 0 fully saturated rings. The molecule has 0 saturated carbocycles. The fourth-order valence-electron chi connectivity index (χ4n) is 1.52. The molecule has 0 unspecified atom stereocenters. The molecule has 7 nitrogen and oxygen atoms in total. The molecule has 2 rings (SSSR count). The number of aromatic nitrogens is 1. The van der Waals surface area contributed by atoms with Crippen LogP contribution in [0.2, 0.25) is 0 Å². The molecule has 0 bridgehead atoms. The number of aliphatic hydroxyl groups excluding tert-OH is 1. The Morgan fingerprint density at radius 2 is 2.00 bits per heavy atom. The quantitative estimate of drug-likeness (QED) is 0.732. The largest absolute Gasteiger partial charge is 0.394 e. The van der Waals surface area contributed by atoms with Gasteiger partial charge in [-0.2, -0.15) is 0 Å². The van der Waals surface area contributed by atoms with Gasteiger partial charge >= 0.3 is 0 Å².